The molecule has 0 radical (unpaired) electrons. The normalized spacial score (nSPS) is 13.9. The molecule has 0 bridgehead atoms. The van der Waals surface area contributed by atoms with Crippen molar-refractivity contribution in [2.24, 2.45) is 0 Å². The van der Waals surface area contributed by atoms with Crippen molar-refractivity contribution in [2.75, 3.05) is 20.7 Å². The van der Waals surface area contributed by atoms with Gasteiger partial charge in [-0.25, -0.2) is 9.59 Å². The molecule has 160 valence electrons. The molecule has 0 spiro atoms. The summed E-state index contributed by atoms with van der Waals surface area (Å²) in [5, 5.41) is 32.1. The summed E-state index contributed by atoms with van der Waals surface area (Å²) < 4.78 is 14.6. The first-order chi connectivity index (χ1) is 12.0. The van der Waals surface area contributed by atoms with Gasteiger partial charge in [0.2, 0.25) is 0 Å². The van der Waals surface area contributed by atoms with Crippen LogP contribution in [0.2, 0.25) is 13.6 Å². The standard InChI is InChI=1S/C8H18BNO4.C6H14BNO4.Li.H2O/c1-5-13-8(11)7(6(2)10-4)14-9(3)12;1-4(8-3)5(6(9)10)12-7(2)11;;/h6-7,10,12H,5H2,1-4H3;4-5,8,11H,1-3H3,(H,9,10);;1H2/q;;+1;/p-1/t6-,7+;4-,5+;;/m00../s1. The van der Waals surface area contributed by atoms with Crippen LogP contribution in [0.1, 0.15) is 20.8 Å². The molecular weight excluding hydrogens is 369 g/mol. The van der Waals surface area contributed by atoms with Crippen LogP contribution < -0.4 is 29.5 Å². The zero-order valence-corrected chi connectivity index (χ0v) is 18.0. The molecule has 0 aliphatic heterocycles. The number of rotatable bonds is 11. The molecular formula is C14H33B2LiN2O9. The van der Waals surface area contributed by atoms with Gasteiger partial charge >= 0.3 is 45.0 Å². The van der Waals surface area contributed by atoms with E-state index >= 15 is 0 Å². The van der Waals surface area contributed by atoms with E-state index in [0.29, 0.717) is 6.61 Å². The molecule has 0 saturated heterocycles. The number of carbonyl (C=O) groups is 2. The number of nitrogens with one attached hydrogen (secondary N) is 2. The fraction of sp³-hybridized carbons (Fsp3) is 0.857. The van der Waals surface area contributed by atoms with Crippen molar-refractivity contribution in [3.05, 3.63) is 0 Å². The number of carbonyl (C=O) groups excluding carboxylic acids is 1. The summed E-state index contributed by atoms with van der Waals surface area (Å²) in [4.78, 5) is 21.9. The minimum absolute atomic E-state index is 0. The molecule has 0 aromatic carbocycles. The maximum atomic E-state index is 11.4. The van der Waals surface area contributed by atoms with Crippen LogP contribution in [0.15, 0.2) is 0 Å². The number of esters is 1. The molecule has 0 aromatic heterocycles. The third kappa shape index (κ3) is 16.4. The number of likely N-dealkylation sites (N-methyl/N-ethyl adjacent to an activating group) is 2. The number of carboxylic acids is 1. The van der Waals surface area contributed by atoms with Crippen LogP contribution in [0.25, 0.3) is 0 Å². The molecule has 0 fully saturated rings. The molecule has 0 aliphatic rings. The van der Waals surface area contributed by atoms with Gasteiger partial charge in [0.15, 0.2) is 12.2 Å². The van der Waals surface area contributed by atoms with Crippen molar-refractivity contribution in [1.82, 2.24) is 10.6 Å². The second-order valence-corrected chi connectivity index (χ2v) is 5.56. The number of ether oxygens (including phenoxy) is 1. The van der Waals surface area contributed by atoms with Gasteiger partial charge in [0.1, 0.15) is 0 Å². The third-order valence-corrected chi connectivity index (χ3v) is 3.27. The van der Waals surface area contributed by atoms with E-state index < -0.39 is 38.4 Å². The first-order valence-electron chi connectivity index (χ1n) is 8.42. The van der Waals surface area contributed by atoms with Gasteiger partial charge in [0, 0.05) is 12.1 Å². The minimum Gasteiger partial charge on any atom is -0.870 e. The molecule has 6 N–H and O–H groups in total. The summed E-state index contributed by atoms with van der Waals surface area (Å²) in [6, 6.07) is -0.541. The maximum Gasteiger partial charge on any atom is 1.00 e. The molecule has 0 heterocycles. The zero-order valence-electron chi connectivity index (χ0n) is 18.0. The second kappa shape index (κ2) is 19.7. The average molecular weight is 402 g/mol. The first kappa shape index (κ1) is 34.9. The van der Waals surface area contributed by atoms with Crippen molar-refractivity contribution in [1.29, 1.82) is 0 Å². The van der Waals surface area contributed by atoms with E-state index in [2.05, 4.69) is 10.6 Å². The molecule has 0 aromatic rings. The molecule has 0 saturated carbocycles. The third-order valence-electron chi connectivity index (χ3n) is 3.27. The summed E-state index contributed by atoms with van der Waals surface area (Å²) >= 11 is 0. The Labute approximate surface area is 179 Å². The van der Waals surface area contributed by atoms with E-state index in [1.807, 2.05) is 0 Å². The Morgan fingerprint density at radius 3 is 1.61 bits per heavy atom. The van der Waals surface area contributed by atoms with Gasteiger partial charge in [-0.3, -0.25) is 0 Å². The van der Waals surface area contributed by atoms with Crippen LogP contribution in [0.4, 0.5) is 0 Å². The van der Waals surface area contributed by atoms with Gasteiger partial charge < -0.3 is 45.3 Å². The van der Waals surface area contributed by atoms with Crippen molar-refractivity contribution in [3.63, 3.8) is 0 Å². The van der Waals surface area contributed by atoms with Gasteiger partial charge in [0.25, 0.3) is 0 Å². The van der Waals surface area contributed by atoms with E-state index in [1.54, 1.807) is 34.9 Å². The summed E-state index contributed by atoms with van der Waals surface area (Å²) in [5.41, 5.74) is 0. The maximum absolute atomic E-state index is 11.4. The predicted molar refractivity (Wildman–Crippen MR) is 101 cm³/mol. The Kier molecular flexibility index (Phi) is 24.5. The number of carboxylic acid groups (broad SMARTS) is 1. The molecule has 11 nitrogen and oxygen atoms in total. The molecule has 28 heavy (non-hydrogen) atoms. The van der Waals surface area contributed by atoms with Crippen LogP contribution in [-0.2, 0) is 23.6 Å². The van der Waals surface area contributed by atoms with E-state index in [4.69, 9.17) is 29.2 Å². The molecule has 4 atom stereocenters. The smallest absolute Gasteiger partial charge is 0.870 e. The summed E-state index contributed by atoms with van der Waals surface area (Å²) in [5.74, 6) is -1.55. The largest absolute Gasteiger partial charge is 1.00 e. The van der Waals surface area contributed by atoms with Crippen LogP contribution in [0.5, 0.6) is 0 Å². The SMILES string of the molecule is CCOC(=O)[C@H](OB(C)O)[C@H](C)NC.CN[C@@H](C)[C@@H](OB(C)O)C(=O)O.[Li+].[OH-]. The molecule has 14 heteroatoms. The van der Waals surface area contributed by atoms with E-state index in [-0.39, 0.29) is 36.4 Å². The molecule has 0 rings (SSSR count). The van der Waals surface area contributed by atoms with Crippen LogP contribution >= 0.6 is 0 Å². The van der Waals surface area contributed by atoms with Crippen molar-refractivity contribution < 1.29 is 63.1 Å². The van der Waals surface area contributed by atoms with E-state index in [0.717, 1.165) is 0 Å². The average Bonchev–Trinajstić information content (AvgIpc) is 2.56. The summed E-state index contributed by atoms with van der Waals surface area (Å²) in [7, 11) is 1.29. The molecule has 0 aliphatic carbocycles. The quantitative estimate of drug-likeness (QED) is 0.167. The van der Waals surface area contributed by atoms with Crippen LogP contribution in [0, 0.1) is 0 Å². The van der Waals surface area contributed by atoms with Crippen molar-refractivity contribution in [2.45, 2.75) is 58.7 Å². The predicted octanol–water partition coefficient (Wildman–Crippen LogP) is -4.35. The summed E-state index contributed by atoms with van der Waals surface area (Å²) in [6.07, 6.45) is -1.80. The van der Waals surface area contributed by atoms with Gasteiger partial charge in [-0.1, -0.05) is 0 Å². The van der Waals surface area contributed by atoms with Gasteiger partial charge in [-0.2, -0.15) is 0 Å². The minimum atomic E-state index is -1.09. The Morgan fingerprint density at radius 2 is 1.32 bits per heavy atom. The van der Waals surface area contributed by atoms with E-state index in [9.17, 15) is 9.59 Å². The Hall–Kier alpha value is -0.613. The van der Waals surface area contributed by atoms with Crippen molar-refractivity contribution >= 4 is 26.2 Å². The first-order valence-corrected chi connectivity index (χ1v) is 8.42. The second-order valence-electron chi connectivity index (χ2n) is 5.56. The Bertz CT molecular complexity index is 409. The fourth-order valence-corrected chi connectivity index (χ4v) is 1.72. The monoisotopic (exact) mass is 402 g/mol. The summed E-state index contributed by atoms with van der Waals surface area (Å²) in [6.45, 7) is 8.30. The van der Waals surface area contributed by atoms with Crippen LogP contribution in [0.3, 0.4) is 0 Å². The molecule has 0 amide bonds. The van der Waals surface area contributed by atoms with Crippen LogP contribution in [-0.4, -0.2) is 91.8 Å². The number of aliphatic carboxylic acids is 1. The van der Waals surface area contributed by atoms with Gasteiger partial charge in [0.05, 0.1) is 6.61 Å². The van der Waals surface area contributed by atoms with Crippen molar-refractivity contribution in [3.8, 4) is 0 Å². The van der Waals surface area contributed by atoms with Gasteiger partial charge in [-0.05, 0) is 48.5 Å². The zero-order chi connectivity index (χ0) is 20.9. The Morgan fingerprint density at radius 1 is 0.964 bits per heavy atom. The Balaban J connectivity index is -0.000000194. The fourth-order valence-electron chi connectivity index (χ4n) is 1.72. The van der Waals surface area contributed by atoms with Gasteiger partial charge in [-0.15, -0.1) is 0 Å². The van der Waals surface area contributed by atoms with E-state index in [1.165, 1.54) is 13.6 Å². The topological polar surface area (TPSA) is 177 Å². The number of hydrogen-bond donors (Lipinski definition) is 5. The number of hydrogen-bond acceptors (Lipinski definition) is 10. The molecule has 0 unspecified atom stereocenters.